The minimum absolute atomic E-state index is 0.0117. The van der Waals surface area contributed by atoms with Crippen molar-refractivity contribution in [3.05, 3.63) is 65.2 Å². The Labute approximate surface area is 165 Å². The van der Waals surface area contributed by atoms with Gasteiger partial charge in [-0.25, -0.2) is 13.6 Å². The lowest BCUT2D eigenvalue weighted by atomic mass is 10.0. The minimum Gasteiger partial charge on any atom is -0.387 e. The van der Waals surface area contributed by atoms with E-state index in [-0.39, 0.29) is 13.2 Å². The van der Waals surface area contributed by atoms with Crippen molar-refractivity contribution in [3.63, 3.8) is 0 Å². The van der Waals surface area contributed by atoms with Gasteiger partial charge in [-0.05, 0) is 35.7 Å². The van der Waals surface area contributed by atoms with E-state index in [1.165, 1.54) is 6.07 Å². The largest absolute Gasteiger partial charge is 0.387 e. The smallest absolute Gasteiger partial charge is 0.330 e. The summed E-state index contributed by atoms with van der Waals surface area (Å²) in [6, 6.07) is 12.8. The summed E-state index contributed by atoms with van der Waals surface area (Å²) >= 11 is 0. The number of rotatable bonds is 9. The number of halogens is 4. The summed E-state index contributed by atoms with van der Waals surface area (Å²) in [5.41, 5.74) is 2.38. The predicted molar refractivity (Wildman–Crippen MR) is 100 cm³/mol. The van der Waals surface area contributed by atoms with E-state index in [0.717, 1.165) is 5.56 Å². The average molecular weight is 414 g/mol. The number of aryl methyl sites for hydroxylation is 1. The Balaban J connectivity index is 1.83. The van der Waals surface area contributed by atoms with E-state index in [9.17, 15) is 27.5 Å². The molecular weight excluding hydrogens is 392 g/mol. The van der Waals surface area contributed by atoms with Crippen molar-refractivity contribution >= 4 is 11.7 Å². The normalized spacial score (nSPS) is 12.7. The summed E-state index contributed by atoms with van der Waals surface area (Å²) in [6.45, 7) is 0.122. The number of aliphatic hydroxyl groups is 1. The van der Waals surface area contributed by atoms with Crippen molar-refractivity contribution in [2.24, 2.45) is 0 Å². The summed E-state index contributed by atoms with van der Waals surface area (Å²) < 4.78 is 54.5. The van der Waals surface area contributed by atoms with E-state index in [0.29, 0.717) is 16.8 Å². The third-order valence-corrected chi connectivity index (χ3v) is 4.07. The molecule has 0 aliphatic rings. The Bertz CT molecular complexity index is 818. The number of urea groups is 1. The molecule has 0 aliphatic carbocycles. The number of hydrogen-bond acceptors (Lipinski definition) is 3. The molecule has 2 amide bonds. The second-order valence-electron chi connectivity index (χ2n) is 6.46. The molecule has 0 spiro atoms. The molecule has 9 heteroatoms. The number of nitrogens with one attached hydrogen (secondary N) is 2. The van der Waals surface area contributed by atoms with Gasteiger partial charge < -0.3 is 20.5 Å². The minimum atomic E-state index is -4.21. The third kappa shape index (κ3) is 7.03. The van der Waals surface area contributed by atoms with Crippen LogP contribution in [-0.2, 0) is 11.3 Å². The summed E-state index contributed by atoms with van der Waals surface area (Å²) in [5.74, 6) is -4.21. The van der Waals surface area contributed by atoms with Gasteiger partial charge in [-0.1, -0.05) is 36.4 Å². The van der Waals surface area contributed by atoms with Gasteiger partial charge >= 0.3 is 18.4 Å². The number of ether oxygens (including phenoxy) is 1. The van der Waals surface area contributed by atoms with Crippen molar-refractivity contribution < 1.29 is 32.2 Å². The topological polar surface area (TPSA) is 70.6 Å². The number of amides is 2. The van der Waals surface area contributed by atoms with Crippen LogP contribution in [0.5, 0.6) is 0 Å². The molecule has 1 atom stereocenters. The number of benzene rings is 2. The summed E-state index contributed by atoms with van der Waals surface area (Å²) in [4.78, 5) is 12.0. The van der Waals surface area contributed by atoms with Gasteiger partial charge in [-0.2, -0.15) is 8.78 Å². The fourth-order valence-corrected chi connectivity index (χ4v) is 2.54. The maximum absolute atomic E-state index is 12.8. The van der Waals surface area contributed by atoms with Crippen LogP contribution < -0.4 is 10.6 Å². The zero-order valence-corrected chi connectivity index (χ0v) is 15.7. The van der Waals surface area contributed by atoms with E-state index in [2.05, 4.69) is 15.4 Å². The first-order valence-corrected chi connectivity index (χ1v) is 8.80. The number of carbonyl (C=O) groups excluding carboxylic acids is 1. The van der Waals surface area contributed by atoms with Gasteiger partial charge in [0, 0.05) is 12.2 Å². The third-order valence-electron chi connectivity index (χ3n) is 4.07. The van der Waals surface area contributed by atoms with Crippen LogP contribution in [0.1, 0.15) is 22.8 Å². The lowest BCUT2D eigenvalue weighted by Gasteiger charge is -2.16. The van der Waals surface area contributed by atoms with E-state index in [1.807, 2.05) is 19.1 Å². The zero-order chi connectivity index (χ0) is 21.4. The molecule has 1 unspecified atom stereocenters. The molecule has 2 aromatic rings. The molecule has 3 N–H and O–H groups in total. The first kappa shape index (κ1) is 22.6. The highest BCUT2D eigenvalue weighted by Crippen LogP contribution is 2.23. The molecule has 0 aliphatic heterocycles. The molecule has 158 valence electrons. The number of alkyl halides is 4. The number of aliphatic hydroxyl groups excluding tert-OH is 1. The van der Waals surface area contributed by atoms with E-state index in [1.54, 1.807) is 30.3 Å². The van der Waals surface area contributed by atoms with E-state index >= 15 is 0 Å². The first-order valence-electron chi connectivity index (χ1n) is 8.80. The number of hydrogen-bond donors (Lipinski definition) is 3. The van der Waals surface area contributed by atoms with Crippen LogP contribution in [0, 0.1) is 6.92 Å². The van der Waals surface area contributed by atoms with Crippen LogP contribution >= 0.6 is 0 Å². The highest BCUT2D eigenvalue weighted by atomic mass is 19.3. The van der Waals surface area contributed by atoms with Crippen molar-refractivity contribution in [1.29, 1.82) is 0 Å². The van der Waals surface area contributed by atoms with Gasteiger partial charge in [0.15, 0.2) is 0 Å². The average Bonchev–Trinajstić information content (AvgIpc) is 2.66. The molecular formula is C20H22F4N2O3. The molecule has 0 saturated heterocycles. The lowest BCUT2D eigenvalue weighted by molar-refractivity contribution is -0.168. The maximum atomic E-state index is 12.8. The van der Waals surface area contributed by atoms with Crippen LogP contribution in [-0.4, -0.2) is 36.6 Å². The number of anilines is 1. The monoisotopic (exact) mass is 414 g/mol. The fraction of sp³-hybridized carbons (Fsp3) is 0.350. The second-order valence-corrected chi connectivity index (χ2v) is 6.46. The van der Waals surface area contributed by atoms with Gasteiger partial charge in [0.1, 0.15) is 6.61 Å². The Hall–Kier alpha value is -2.65. The van der Waals surface area contributed by atoms with E-state index < -0.39 is 31.1 Å². The molecule has 5 nitrogen and oxygen atoms in total. The summed E-state index contributed by atoms with van der Waals surface area (Å²) in [7, 11) is 0. The van der Waals surface area contributed by atoms with Crippen LogP contribution in [0.4, 0.5) is 28.0 Å². The Kier molecular flexibility index (Phi) is 7.98. The quantitative estimate of drug-likeness (QED) is 0.537. The fourth-order valence-electron chi connectivity index (χ4n) is 2.54. The van der Waals surface area contributed by atoms with Gasteiger partial charge in [0.2, 0.25) is 0 Å². The van der Waals surface area contributed by atoms with Crippen LogP contribution in [0.2, 0.25) is 0 Å². The standard InChI is InChI=1S/C20H22F4N2O3/c1-13-5-2-3-8-16(13)17(27)10-25-19(28)26-15-7-4-6-14(9-15)11-29-12-20(23,24)18(21)22/h2-9,17-18,27H,10-12H2,1H3,(H2,25,26,28). The highest BCUT2D eigenvalue weighted by molar-refractivity contribution is 5.89. The lowest BCUT2D eigenvalue weighted by Crippen LogP contribution is -2.32. The predicted octanol–water partition coefficient (Wildman–Crippen LogP) is 4.27. The summed E-state index contributed by atoms with van der Waals surface area (Å²) in [5, 5.41) is 15.3. The molecule has 0 radical (unpaired) electrons. The molecule has 0 heterocycles. The first-order chi connectivity index (χ1) is 13.7. The van der Waals surface area contributed by atoms with Gasteiger partial charge in [-0.3, -0.25) is 0 Å². The Morgan fingerprint density at radius 2 is 1.90 bits per heavy atom. The van der Waals surface area contributed by atoms with Crippen molar-refractivity contribution in [2.45, 2.75) is 32.0 Å². The SMILES string of the molecule is Cc1ccccc1C(O)CNC(=O)Nc1cccc(COCC(F)(F)C(F)F)c1. The Morgan fingerprint density at radius 3 is 2.59 bits per heavy atom. The van der Waals surface area contributed by atoms with Crippen molar-refractivity contribution in [2.75, 3.05) is 18.5 Å². The van der Waals surface area contributed by atoms with Crippen molar-refractivity contribution in [3.8, 4) is 0 Å². The molecule has 0 bridgehead atoms. The molecule has 2 rings (SSSR count). The molecule has 29 heavy (non-hydrogen) atoms. The summed E-state index contributed by atoms with van der Waals surface area (Å²) in [6.07, 6.45) is -4.67. The number of carbonyl (C=O) groups is 1. The van der Waals surface area contributed by atoms with Gasteiger partial charge in [0.05, 0.1) is 12.7 Å². The van der Waals surface area contributed by atoms with E-state index in [4.69, 9.17) is 0 Å². The molecule has 0 fully saturated rings. The highest BCUT2D eigenvalue weighted by Gasteiger charge is 2.40. The van der Waals surface area contributed by atoms with Crippen molar-refractivity contribution in [1.82, 2.24) is 5.32 Å². The molecule has 2 aromatic carbocycles. The molecule has 0 aromatic heterocycles. The van der Waals surface area contributed by atoms with Crippen LogP contribution in [0.15, 0.2) is 48.5 Å². The van der Waals surface area contributed by atoms with Crippen LogP contribution in [0.25, 0.3) is 0 Å². The Morgan fingerprint density at radius 1 is 1.17 bits per heavy atom. The maximum Gasteiger partial charge on any atom is 0.330 e. The second kappa shape index (κ2) is 10.2. The zero-order valence-electron chi connectivity index (χ0n) is 15.7. The van der Waals surface area contributed by atoms with Gasteiger partial charge in [0.25, 0.3) is 0 Å². The van der Waals surface area contributed by atoms with Gasteiger partial charge in [-0.15, -0.1) is 0 Å². The molecule has 0 saturated carbocycles. The van der Waals surface area contributed by atoms with Crippen LogP contribution in [0.3, 0.4) is 0 Å².